The van der Waals surface area contributed by atoms with E-state index in [4.69, 9.17) is 0 Å². The van der Waals surface area contributed by atoms with Gasteiger partial charge in [0.15, 0.2) is 0 Å². The first-order valence-corrected chi connectivity index (χ1v) is 6.99. The van der Waals surface area contributed by atoms with Crippen LogP contribution in [-0.2, 0) is 5.41 Å². The second-order valence-corrected chi connectivity index (χ2v) is 5.71. The SMILES string of the molecule is BrC(c1ccccc1)C1(c2ccccc2)CC1. The molecule has 0 aromatic heterocycles. The van der Waals surface area contributed by atoms with Gasteiger partial charge in [-0.2, -0.15) is 0 Å². The molecule has 2 aromatic carbocycles. The van der Waals surface area contributed by atoms with Crippen LogP contribution in [0.2, 0.25) is 0 Å². The Morgan fingerprint density at radius 2 is 1.35 bits per heavy atom. The molecule has 0 aliphatic heterocycles. The topological polar surface area (TPSA) is 0 Å². The van der Waals surface area contributed by atoms with Crippen LogP contribution in [0.1, 0.15) is 28.8 Å². The van der Waals surface area contributed by atoms with Crippen molar-refractivity contribution in [1.29, 1.82) is 0 Å². The zero-order valence-corrected chi connectivity index (χ0v) is 11.2. The lowest BCUT2D eigenvalue weighted by molar-refractivity contribution is 0.681. The van der Waals surface area contributed by atoms with Gasteiger partial charge in [0, 0.05) is 10.2 Å². The van der Waals surface area contributed by atoms with Gasteiger partial charge in [0.25, 0.3) is 0 Å². The lowest BCUT2D eigenvalue weighted by atomic mass is 9.89. The van der Waals surface area contributed by atoms with Crippen LogP contribution < -0.4 is 0 Å². The molecule has 0 nitrogen and oxygen atoms in total. The minimum absolute atomic E-state index is 0.322. The number of hydrogen-bond acceptors (Lipinski definition) is 0. The Hall–Kier alpha value is -1.08. The summed E-state index contributed by atoms with van der Waals surface area (Å²) >= 11 is 3.91. The van der Waals surface area contributed by atoms with Crippen LogP contribution in [-0.4, -0.2) is 0 Å². The third-order valence-corrected chi connectivity index (χ3v) is 5.12. The Balaban J connectivity index is 1.95. The third-order valence-electron chi connectivity index (χ3n) is 3.71. The molecule has 1 unspecified atom stereocenters. The van der Waals surface area contributed by atoms with Crippen LogP contribution in [0, 0.1) is 0 Å². The predicted molar refractivity (Wildman–Crippen MR) is 75.5 cm³/mol. The molecule has 17 heavy (non-hydrogen) atoms. The van der Waals surface area contributed by atoms with Gasteiger partial charge in [-0.25, -0.2) is 0 Å². The zero-order valence-electron chi connectivity index (χ0n) is 9.64. The molecule has 0 radical (unpaired) electrons. The van der Waals surface area contributed by atoms with Crippen LogP contribution in [0.3, 0.4) is 0 Å². The average molecular weight is 287 g/mol. The van der Waals surface area contributed by atoms with Gasteiger partial charge >= 0.3 is 0 Å². The lowest BCUT2D eigenvalue weighted by Crippen LogP contribution is -2.13. The fraction of sp³-hybridized carbons (Fsp3) is 0.250. The number of benzene rings is 2. The molecule has 3 rings (SSSR count). The molecule has 2 aromatic rings. The van der Waals surface area contributed by atoms with Gasteiger partial charge in [0.05, 0.1) is 0 Å². The molecule has 1 heteroatoms. The summed E-state index contributed by atoms with van der Waals surface area (Å²) in [6.45, 7) is 0. The molecule has 86 valence electrons. The van der Waals surface area contributed by atoms with E-state index in [1.807, 2.05) is 0 Å². The molecule has 1 aliphatic carbocycles. The van der Waals surface area contributed by atoms with Crippen molar-refractivity contribution in [2.24, 2.45) is 0 Å². The highest BCUT2D eigenvalue weighted by atomic mass is 79.9. The summed E-state index contributed by atoms with van der Waals surface area (Å²) in [7, 11) is 0. The van der Waals surface area contributed by atoms with Crippen LogP contribution in [0.15, 0.2) is 60.7 Å². The van der Waals surface area contributed by atoms with Crippen LogP contribution in [0.25, 0.3) is 0 Å². The first-order chi connectivity index (χ1) is 8.33. The molecule has 0 N–H and O–H groups in total. The Morgan fingerprint density at radius 3 is 1.88 bits per heavy atom. The van der Waals surface area contributed by atoms with Crippen LogP contribution in [0.4, 0.5) is 0 Å². The Bertz CT molecular complexity index is 485. The molecule has 1 aliphatic rings. The second kappa shape index (κ2) is 4.30. The van der Waals surface area contributed by atoms with E-state index in [2.05, 4.69) is 76.6 Å². The van der Waals surface area contributed by atoms with Gasteiger partial charge in [-0.3, -0.25) is 0 Å². The maximum absolute atomic E-state index is 3.91. The van der Waals surface area contributed by atoms with Gasteiger partial charge < -0.3 is 0 Å². The summed E-state index contributed by atoms with van der Waals surface area (Å²) in [6.07, 6.45) is 2.56. The number of halogens is 1. The van der Waals surface area contributed by atoms with E-state index in [9.17, 15) is 0 Å². The highest BCUT2D eigenvalue weighted by molar-refractivity contribution is 9.09. The number of alkyl halides is 1. The summed E-state index contributed by atoms with van der Waals surface area (Å²) in [4.78, 5) is 0.429. The van der Waals surface area contributed by atoms with Crippen molar-refractivity contribution >= 4 is 15.9 Å². The van der Waals surface area contributed by atoms with E-state index in [1.54, 1.807) is 0 Å². The van der Waals surface area contributed by atoms with Crippen molar-refractivity contribution in [3.05, 3.63) is 71.8 Å². The van der Waals surface area contributed by atoms with Gasteiger partial charge in [-0.05, 0) is 24.0 Å². The predicted octanol–water partition coefficient (Wildman–Crippen LogP) is 4.85. The molecule has 1 atom stereocenters. The molecule has 1 fully saturated rings. The smallest absolute Gasteiger partial charge is 0.0491 e. The largest absolute Gasteiger partial charge is 0.0829 e. The van der Waals surface area contributed by atoms with Crippen LogP contribution in [0.5, 0.6) is 0 Å². The van der Waals surface area contributed by atoms with Crippen LogP contribution >= 0.6 is 15.9 Å². The molecular weight excluding hydrogens is 272 g/mol. The van der Waals surface area contributed by atoms with E-state index in [0.29, 0.717) is 10.2 Å². The molecule has 0 bridgehead atoms. The van der Waals surface area contributed by atoms with Crippen molar-refractivity contribution < 1.29 is 0 Å². The molecule has 0 saturated heterocycles. The number of hydrogen-bond donors (Lipinski definition) is 0. The molecule has 1 saturated carbocycles. The zero-order chi connectivity index (χ0) is 11.7. The molecular formula is C16H15Br. The summed E-state index contributed by atoms with van der Waals surface area (Å²) in [5, 5.41) is 0. The maximum Gasteiger partial charge on any atom is 0.0491 e. The quantitative estimate of drug-likeness (QED) is 0.708. The molecule has 0 heterocycles. The Labute approximate surface area is 111 Å². The van der Waals surface area contributed by atoms with Gasteiger partial charge in [-0.1, -0.05) is 76.6 Å². The summed E-state index contributed by atoms with van der Waals surface area (Å²) in [5.41, 5.74) is 3.17. The van der Waals surface area contributed by atoms with Crippen molar-refractivity contribution in [1.82, 2.24) is 0 Å². The summed E-state index contributed by atoms with van der Waals surface area (Å²) < 4.78 is 0. The van der Waals surface area contributed by atoms with Crippen molar-refractivity contribution in [2.45, 2.75) is 23.1 Å². The first-order valence-electron chi connectivity index (χ1n) is 6.07. The summed E-state index contributed by atoms with van der Waals surface area (Å²) in [6, 6.07) is 21.6. The van der Waals surface area contributed by atoms with E-state index in [1.165, 1.54) is 24.0 Å². The number of rotatable bonds is 3. The highest BCUT2D eigenvalue weighted by Crippen LogP contribution is 2.59. The van der Waals surface area contributed by atoms with Crippen molar-refractivity contribution in [3.63, 3.8) is 0 Å². The minimum Gasteiger partial charge on any atom is -0.0829 e. The van der Waals surface area contributed by atoms with E-state index >= 15 is 0 Å². The standard InChI is InChI=1S/C16H15Br/c17-15(13-7-3-1-4-8-13)16(11-12-16)14-9-5-2-6-10-14/h1-10,15H,11-12H2. The van der Waals surface area contributed by atoms with Crippen molar-refractivity contribution in [3.8, 4) is 0 Å². The monoisotopic (exact) mass is 286 g/mol. The van der Waals surface area contributed by atoms with E-state index < -0.39 is 0 Å². The Kier molecular flexibility index (Phi) is 2.79. The van der Waals surface area contributed by atoms with Gasteiger partial charge in [0.2, 0.25) is 0 Å². The first kappa shape index (κ1) is 11.0. The summed E-state index contributed by atoms with van der Waals surface area (Å²) in [5.74, 6) is 0. The van der Waals surface area contributed by atoms with Gasteiger partial charge in [-0.15, -0.1) is 0 Å². The van der Waals surface area contributed by atoms with Gasteiger partial charge in [0.1, 0.15) is 0 Å². The second-order valence-electron chi connectivity index (χ2n) is 4.80. The van der Waals surface area contributed by atoms with Crippen molar-refractivity contribution in [2.75, 3.05) is 0 Å². The fourth-order valence-corrected chi connectivity index (χ4v) is 3.56. The lowest BCUT2D eigenvalue weighted by Gasteiger charge is -2.22. The fourth-order valence-electron chi connectivity index (χ4n) is 2.53. The van der Waals surface area contributed by atoms with E-state index in [-0.39, 0.29) is 0 Å². The average Bonchev–Trinajstić information content (AvgIpc) is 3.21. The highest BCUT2D eigenvalue weighted by Gasteiger charge is 2.50. The molecule has 0 amide bonds. The third kappa shape index (κ3) is 1.93. The normalized spacial score (nSPS) is 18.6. The van der Waals surface area contributed by atoms with E-state index in [0.717, 1.165) is 0 Å². The maximum atomic E-state index is 3.91. The molecule has 0 spiro atoms. The minimum atomic E-state index is 0.322. The Morgan fingerprint density at radius 1 is 0.824 bits per heavy atom.